The van der Waals surface area contributed by atoms with Crippen LogP contribution in [0, 0.1) is 0 Å². The molecule has 20 heavy (non-hydrogen) atoms. The predicted octanol–water partition coefficient (Wildman–Crippen LogP) is 0.578. The first-order chi connectivity index (χ1) is 9.72. The summed E-state index contributed by atoms with van der Waals surface area (Å²) in [7, 11) is 0. The molecule has 3 aliphatic rings. The summed E-state index contributed by atoms with van der Waals surface area (Å²) in [5.41, 5.74) is 0.0881. The molecule has 1 aromatic heterocycles. The van der Waals surface area contributed by atoms with E-state index in [1.807, 2.05) is 9.80 Å². The molecule has 0 aromatic carbocycles. The maximum Gasteiger partial charge on any atom is 0.255 e. The smallest absolute Gasteiger partial charge is 0.255 e. The summed E-state index contributed by atoms with van der Waals surface area (Å²) in [6, 6.07) is 1.63. The van der Waals surface area contributed by atoms with Gasteiger partial charge in [0.05, 0.1) is 24.6 Å². The first-order valence-electron chi connectivity index (χ1n) is 7.10. The van der Waals surface area contributed by atoms with Crippen molar-refractivity contribution >= 4 is 11.8 Å². The third-order valence-electron chi connectivity index (χ3n) is 4.72. The quantitative estimate of drug-likeness (QED) is 0.815. The highest BCUT2D eigenvalue weighted by Gasteiger charge is 2.61. The molecule has 4 heterocycles. The number of aromatic nitrogens is 1. The average molecular weight is 275 g/mol. The number of ether oxygens (including phenoxy) is 1. The number of aromatic amines is 1. The van der Waals surface area contributed by atoms with Gasteiger partial charge < -0.3 is 19.5 Å². The topological polar surface area (TPSA) is 65.6 Å². The van der Waals surface area contributed by atoms with Crippen molar-refractivity contribution in [2.45, 2.75) is 31.0 Å². The highest BCUT2D eigenvalue weighted by molar-refractivity contribution is 5.95. The summed E-state index contributed by atoms with van der Waals surface area (Å²) in [5, 5.41) is 0. The van der Waals surface area contributed by atoms with Gasteiger partial charge in [-0.15, -0.1) is 0 Å². The highest BCUT2D eigenvalue weighted by Crippen LogP contribution is 2.45. The number of carbonyl (C=O) groups excluding carboxylic acids is 2. The molecular weight excluding hydrogens is 258 g/mol. The molecule has 2 atom stereocenters. The van der Waals surface area contributed by atoms with Crippen LogP contribution >= 0.6 is 0 Å². The van der Waals surface area contributed by atoms with Crippen LogP contribution in [0.2, 0.25) is 0 Å². The monoisotopic (exact) mass is 275 g/mol. The molecule has 3 saturated heterocycles. The Bertz CT molecular complexity index is 556. The lowest BCUT2D eigenvalue weighted by atomic mass is 10.0. The number of likely N-dealkylation sites (tertiary alicyclic amines) is 1. The Balaban J connectivity index is 1.66. The fourth-order valence-electron chi connectivity index (χ4n) is 3.82. The van der Waals surface area contributed by atoms with E-state index in [1.54, 1.807) is 18.5 Å². The summed E-state index contributed by atoms with van der Waals surface area (Å²) >= 11 is 0. The minimum Gasteiger partial charge on any atom is -0.367 e. The van der Waals surface area contributed by atoms with Gasteiger partial charge in [0.1, 0.15) is 0 Å². The SMILES string of the molecule is O=C(c1cc[nH]c1)N1CC[C@@]23OCCCN2C(=O)C[C@@H]13. The van der Waals surface area contributed by atoms with Crippen molar-refractivity contribution in [3.8, 4) is 0 Å². The summed E-state index contributed by atoms with van der Waals surface area (Å²) in [5.74, 6) is 0.0956. The molecule has 4 rings (SSSR count). The maximum absolute atomic E-state index is 12.5. The van der Waals surface area contributed by atoms with Gasteiger partial charge in [-0.25, -0.2) is 0 Å². The largest absolute Gasteiger partial charge is 0.367 e. The van der Waals surface area contributed by atoms with Gasteiger partial charge in [-0.2, -0.15) is 0 Å². The Kier molecular flexibility index (Phi) is 2.44. The van der Waals surface area contributed by atoms with Crippen molar-refractivity contribution in [1.82, 2.24) is 14.8 Å². The van der Waals surface area contributed by atoms with Gasteiger partial charge in [-0.05, 0) is 12.5 Å². The average Bonchev–Trinajstić information content (AvgIpc) is 3.13. The van der Waals surface area contributed by atoms with Crippen molar-refractivity contribution in [2.75, 3.05) is 19.7 Å². The summed E-state index contributed by atoms with van der Waals surface area (Å²) in [6.07, 6.45) is 5.42. The van der Waals surface area contributed by atoms with Crippen LogP contribution in [-0.4, -0.2) is 58.1 Å². The number of H-pyrrole nitrogens is 1. The predicted molar refractivity (Wildman–Crippen MR) is 69.9 cm³/mol. The van der Waals surface area contributed by atoms with E-state index in [0.29, 0.717) is 25.1 Å². The van der Waals surface area contributed by atoms with Crippen molar-refractivity contribution in [1.29, 1.82) is 0 Å². The Hall–Kier alpha value is -1.82. The minimum atomic E-state index is -0.554. The Morgan fingerprint density at radius 1 is 1.45 bits per heavy atom. The van der Waals surface area contributed by atoms with Crippen LogP contribution in [-0.2, 0) is 9.53 Å². The number of hydrogen-bond acceptors (Lipinski definition) is 3. The molecule has 0 aliphatic carbocycles. The first kappa shape index (κ1) is 12.0. The molecule has 3 fully saturated rings. The normalized spacial score (nSPS) is 32.4. The molecular formula is C14H17N3O3. The number of hydrogen-bond donors (Lipinski definition) is 1. The zero-order valence-corrected chi connectivity index (χ0v) is 11.2. The number of carbonyl (C=O) groups is 2. The molecule has 0 unspecified atom stereocenters. The molecule has 106 valence electrons. The lowest BCUT2D eigenvalue weighted by Crippen LogP contribution is -2.56. The lowest BCUT2D eigenvalue weighted by molar-refractivity contribution is -0.179. The third kappa shape index (κ3) is 1.42. The minimum absolute atomic E-state index is 0.0167. The Morgan fingerprint density at radius 2 is 2.35 bits per heavy atom. The van der Waals surface area contributed by atoms with Crippen LogP contribution in [0.1, 0.15) is 29.6 Å². The van der Waals surface area contributed by atoms with Crippen molar-refractivity contribution in [3.63, 3.8) is 0 Å². The zero-order chi connectivity index (χ0) is 13.7. The molecule has 0 bridgehead atoms. The second kappa shape index (κ2) is 4.09. The van der Waals surface area contributed by atoms with E-state index in [2.05, 4.69) is 4.98 Å². The third-order valence-corrected chi connectivity index (χ3v) is 4.72. The second-order valence-corrected chi connectivity index (χ2v) is 5.66. The Morgan fingerprint density at radius 3 is 3.15 bits per heavy atom. The summed E-state index contributed by atoms with van der Waals surface area (Å²) in [6.45, 7) is 2.08. The van der Waals surface area contributed by atoms with Crippen LogP contribution in [0.3, 0.4) is 0 Å². The van der Waals surface area contributed by atoms with E-state index in [0.717, 1.165) is 19.4 Å². The molecule has 6 heteroatoms. The number of nitrogens with one attached hydrogen (secondary N) is 1. The summed E-state index contributed by atoms with van der Waals surface area (Å²) in [4.78, 5) is 31.3. The van der Waals surface area contributed by atoms with Gasteiger partial charge >= 0.3 is 0 Å². The van der Waals surface area contributed by atoms with E-state index in [-0.39, 0.29) is 17.9 Å². The molecule has 0 radical (unpaired) electrons. The van der Waals surface area contributed by atoms with Gasteiger partial charge in [0.15, 0.2) is 5.72 Å². The number of rotatable bonds is 1. The molecule has 1 spiro atoms. The number of amides is 2. The number of nitrogens with zero attached hydrogens (tertiary/aromatic N) is 2. The van der Waals surface area contributed by atoms with Crippen molar-refractivity contribution in [2.24, 2.45) is 0 Å². The standard InChI is InChI=1S/C14H17N3O3/c18-12-8-11-14(17(12)5-1-7-20-14)3-6-16(11)13(19)10-2-4-15-9-10/h2,4,9,11,15H,1,3,5-8H2/t11-,14+/m1/s1. The Labute approximate surface area is 116 Å². The molecule has 6 nitrogen and oxygen atoms in total. The molecule has 2 amide bonds. The first-order valence-corrected chi connectivity index (χ1v) is 7.10. The maximum atomic E-state index is 12.5. The van der Waals surface area contributed by atoms with Gasteiger partial charge in [0, 0.05) is 31.9 Å². The molecule has 1 aromatic rings. The molecule has 3 aliphatic heterocycles. The fourth-order valence-corrected chi connectivity index (χ4v) is 3.82. The van der Waals surface area contributed by atoms with E-state index >= 15 is 0 Å². The summed E-state index contributed by atoms with van der Waals surface area (Å²) < 4.78 is 5.99. The van der Waals surface area contributed by atoms with E-state index in [1.165, 1.54) is 0 Å². The molecule has 0 saturated carbocycles. The fraction of sp³-hybridized carbons (Fsp3) is 0.571. The van der Waals surface area contributed by atoms with Gasteiger partial charge in [-0.1, -0.05) is 0 Å². The van der Waals surface area contributed by atoms with E-state index < -0.39 is 5.72 Å². The van der Waals surface area contributed by atoms with E-state index in [9.17, 15) is 9.59 Å². The van der Waals surface area contributed by atoms with E-state index in [4.69, 9.17) is 4.74 Å². The highest BCUT2D eigenvalue weighted by atomic mass is 16.5. The van der Waals surface area contributed by atoms with Crippen LogP contribution < -0.4 is 0 Å². The van der Waals surface area contributed by atoms with Crippen LogP contribution in [0.5, 0.6) is 0 Å². The van der Waals surface area contributed by atoms with Crippen molar-refractivity contribution in [3.05, 3.63) is 24.0 Å². The van der Waals surface area contributed by atoms with Gasteiger partial charge in [-0.3, -0.25) is 9.59 Å². The van der Waals surface area contributed by atoms with Gasteiger partial charge in [0.25, 0.3) is 5.91 Å². The van der Waals surface area contributed by atoms with Crippen molar-refractivity contribution < 1.29 is 14.3 Å². The zero-order valence-electron chi connectivity index (χ0n) is 11.2. The second-order valence-electron chi connectivity index (χ2n) is 5.66. The lowest BCUT2D eigenvalue weighted by Gasteiger charge is -2.42. The van der Waals surface area contributed by atoms with Gasteiger partial charge in [0.2, 0.25) is 5.91 Å². The molecule has 1 N–H and O–H groups in total. The van der Waals surface area contributed by atoms with Crippen LogP contribution in [0.25, 0.3) is 0 Å². The van der Waals surface area contributed by atoms with Crippen LogP contribution in [0.4, 0.5) is 0 Å². The van der Waals surface area contributed by atoms with Crippen LogP contribution in [0.15, 0.2) is 18.5 Å².